The largest absolute Gasteiger partial charge is 0.466 e. The Labute approximate surface area is 224 Å². The van der Waals surface area contributed by atoms with Crippen LogP contribution in [0, 0.1) is 18.3 Å². The van der Waals surface area contributed by atoms with Gasteiger partial charge in [0.25, 0.3) is 0 Å². The number of esters is 3. The second-order valence-corrected chi connectivity index (χ2v) is 9.19. The summed E-state index contributed by atoms with van der Waals surface area (Å²) >= 11 is 6.80. The van der Waals surface area contributed by atoms with Gasteiger partial charge in [-0.1, -0.05) is 30.3 Å². The van der Waals surface area contributed by atoms with Crippen LogP contribution < -0.4 is 10.6 Å². The standard InChI is InChI=1S/C25H21Br2N3O6/c1-12-10-15(26)17(23(31)34-2)19(27)20(12)30-21(25(33)36-4)18(24(32)35-3)16(14(11-28)22(30)29)13-8-6-5-7-9-13/h5-10,16H,29H2,1-4H3. The maximum absolute atomic E-state index is 13.3. The smallest absolute Gasteiger partial charge is 0.355 e. The van der Waals surface area contributed by atoms with Crippen molar-refractivity contribution in [3.05, 3.63) is 84.7 Å². The topological polar surface area (TPSA) is 132 Å². The Morgan fingerprint density at radius 3 is 2.11 bits per heavy atom. The molecular weight excluding hydrogens is 598 g/mol. The number of nitrogens with two attached hydrogens (primary N) is 1. The minimum Gasteiger partial charge on any atom is -0.466 e. The zero-order valence-electron chi connectivity index (χ0n) is 19.7. The van der Waals surface area contributed by atoms with Gasteiger partial charge in [0.2, 0.25) is 0 Å². The van der Waals surface area contributed by atoms with Crippen LogP contribution in [0.4, 0.5) is 5.69 Å². The van der Waals surface area contributed by atoms with Crippen LogP contribution in [0.5, 0.6) is 0 Å². The Bertz CT molecular complexity index is 1360. The molecule has 0 aromatic heterocycles. The number of carbonyl (C=O) groups is 3. The number of carbonyl (C=O) groups excluding carboxylic acids is 3. The lowest BCUT2D eigenvalue weighted by molar-refractivity contribution is -0.139. The van der Waals surface area contributed by atoms with Gasteiger partial charge in [-0.2, -0.15) is 5.26 Å². The van der Waals surface area contributed by atoms with Crippen LogP contribution in [0.3, 0.4) is 0 Å². The molecular formula is C25H21Br2N3O6. The van der Waals surface area contributed by atoms with Crippen LogP contribution in [0.1, 0.15) is 27.4 Å². The lowest BCUT2D eigenvalue weighted by Crippen LogP contribution is -2.41. The van der Waals surface area contributed by atoms with Crippen LogP contribution in [-0.4, -0.2) is 39.2 Å². The van der Waals surface area contributed by atoms with E-state index < -0.39 is 23.8 Å². The number of hydrogen-bond acceptors (Lipinski definition) is 9. The van der Waals surface area contributed by atoms with Crippen molar-refractivity contribution in [3.8, 4) is 6.07 Å². The van der Waals surface area contributed by atoms with Crippen LogP contribution in [0.2, 0.25) is 0 Å². The van der Waals surface area contributed by atoms with E-state index in [4.69, 9.17) is 19.9 Å². The molecule has 2 N–H and O–H groups in total. The molecule has 1 atom stereocenters. The maximum atomic E-state index is 13.3. The summed E-state index contributed by atoms with van der Waals surface area (Å²) in [6.07, 6.45) is 0. The van der Waals surface area contributed by atoms with Crippen molar-refractivity contribution in [1.29, 1.82) is 5.26 Å². The quantitative estimate of drug-likeness (QED) is 0.387. The molecule has 2 aromatic carbocycles. The predicted octanol–water partition coefficient (Wildman–Crippen LogP) is 4.20. The molecule has 186 valence electrons. The summed E-state index contributed by atoms with van der Waals surface area (Å²) in [6, 6.07) is 12.4. The zero-order chi connectivity index (χ0) is 26.7. The number of rotatable bonds is 5. The molecule has 1 aliphatic rings. The van der Waals surface area contributed by atoms with Gasteiger partial charge in [0, 0.05) is 4.47 Å². The molecule has 0 amide bonds. The first-order valence-electron chi connectivity index (χ1n) is 10.4. The van der Waals surface area contributed by atoms with E-state index in [-0.39, 0.29) is 38.4 Å². The summed E-state index contributed by atoms with van der Waals surface area (Å²) in [5, 5.41) is 10.2. The number of methoxy groups -OCH3 is 3. The Morgan fingerprint density at radius 1 is 1.00 bits per heavy atom. The molecule has 1 heterocycles. The summed E-state index contributed by atoms with van der Waals surface area (Å²) in [5.41, 5.74) is 7.59. The van der Waals surface area contributed by atoms with Crippen molar-refractivity contribution >= 4 is 55.5 Å². The number of hydrogen-bond donors (Lipinski definition) is 1. The number of aryl methyl sites for hydroxylation is 1. The second kappa shape index (κ2) is 11.0. The fourth-order valence-corrected chi connectivity index (χ4v) is 5.87. The number of allylic oxidation sites excluding steroid dienone is 1. The molecule has 0 saturated heterocycles. The Morgan fingerprint density at radius 2 is 1.58 bits per heavy atom. The minimum atomic E-state index is -1.01. The molecule has 36 heavy (non-hydrogen) atoms. The predicted molar refractivity (Wildman–Crippen MR) is 137 cm³/mol. The number of nitrogens with zero attached hydrogens (tertiary/aromatic N) is 2. The van der Waals surface area contributed by atoms with Crippen molar-refractivity contribution in [2.45, 2.75) is 12.8 Å². The Kier molecular flexibility index (Phi) is 8.22. The molecule has 0 aliphatic carbocycles. The van der Waals surface area contributed by atoms with Crippen molar-refractivity contribution in [1.82, 2.24) is 0 Å². The first-order valence-corrected chi connectivity index (χ1v) is 12.0. The van der Waals surface area contributed by atoms with Crippen molar-refractivity contribution in [2.75, 3.05) is 26.2 Å². The highest BCUT2D eigenvalue weighted by molar-refractivity contribution is 9.11. The van der Waals surface area contributed by atoms with Gasteiger partial charge in [-0.15, -0.1) is 0 Å². The van der Waals surface area contributed by atoms with Gasteiger partial charge in [0.1, 0.15) is 11.5 Å². The van der Waals surface area contributed by atoms with Gasteiger partial charge >= 0.3 is 17.9 Å². The van der Waals surface area contributed by atoms with E-state index in [9.17, 15) is 19.6 Å². The van der Waals surface area contributed by atoms with Gasteiger partial charge < -0.3 is 19.9 Å². The molecule has 9 nitrogen and oxygen atoms in total. The van der Waals surface area contributed by atoms with Crippen LogP contribution in [0.25, 0.3) is 0 Å². The monoisotopic (exact) mass is 617 g/mol. The number of ether oxygens (including phenoxy) is 3. The van der Waals surface area contributed by atoms with Crippen molar-refractivity contribution < 1.29 is 28.6 Å². The molecule has 11 heteroatoms. The van der Waals surface area contributed by atoms with E-state index in [1.54, 1.807) is 43.3 Å². The van der Waals surface area contributed by atoms with Gasteiger partial charge in [0.05, 0.1) is 60.2 Å². The fraction of sp³-hybridized carbons (Fsp3) is 0.200. The van der Waals surface area contributed by atoms with E-state index in [0.29, 0.717) is 15.6 Å². The van der Waals surface area contributed by atoms with Gasteiger partial charge in [0.15, 0.2) is 0 Å². The molecule has 0 bridgehead atoms. The van der Waals surface area contributed by atoms with E-state index in [0.717, 1.165) is 7.11 Å². The zero-order valence-corrected chi connectivity index (χ0v) is 22.9. The van der Waals surface area contributed by atoms with Crippen LogP contribution in [-0.2, 0) is 23.8 Å². The average Bonchev–Trinajstić information content (AvgIpc) is 2.87. The highest BCUT2D eigenvalue weighted by Crippen LogP contribution is 2.47. The summed E-state index contributed by atoms with van der Waals surface area (Å²) in [4.78, 5) is 40.2. The SMILES string of the molecule is COC(=O)C1=C(C(=O)OC)N(c2c(C)cc(Br)c(C(=O)OC)c2Br)C(N)=C(C#N)C1c1ccccc1. The molecule has 2 aromatic rings. The molecule has 0 fully saturated rings. The van der Waals surface area contributed by atoms with Crippen molar-refractivity contribution in [2.24, 2.45) is 5.73 Å². The Hall–Kier alpha value is -3.62. The number of anilines is 1. The highest BCUT2D eigenvalue weighted by atomic mass is 79.9. The van der Waals surface area contributed by atoms with E-state index >= 15 is 0 Å². The first kappa shape index (κ1) is 27.0. The first-order chi connectivity index (χ1) is 17.1. The lowest BCUT2D eigenvalue weighted by atomic mass is 9.80. The molecule has 0 radical (unpaired) electrons. The average molecular weight is 619 g/mol. The number of benzene rings is 2. The summed E-state index contributed by atoms with van der Waals surface area (Å²) in [5.74, 6) is -3.56. The van der Waals surface area contributed by atoms with Crippen molar-refractivity contribution in [3.63, 3.8) is 0 Å². The minimum absolute atomic E-state index is 0.00286. The van der Waals surface area contributed by atoms with Gasteiger partial charge in [-0.3, -0.25) is 4.90 Å². The van der Waals surface area contributed by atoms with E-state index in [2.05, 4.69) is 37.9 Å². The molecule has 0 saturated carbocycles. The normalized spacial score (nSPS) is 15.4. The highest BCUT2D eigenvalue weighted by Gasteiger charge is 2.44. The summed E-state index contributed by atoms with van der Waals surface area (Å²) < 4.78 is 15.6. The molecule has 3 rings (SSSR count). The summed E-state index contributed by atoms with van der Waals surface area (Å²) in [6.45, 7) is 1.71. The van der Waals surface area contributed by atoms with Gasteiger partial charge in [-0.05, 0) is 56.0 Å². The lowest BCUT2D eigenvalue weighted by Gasteiger charge is -2.37. The number of halogens is 2. The van der Waals surface area contributed by atoms with E-state index in [1.165, 1.54) is 19.1 Å². The third-order valence-electron chi connectivity index (χ3n) is 5.61. The maximum Gasteiger partial charge on any atom is 0.355 e. The fourth-order valence-electron chi connectivity index (χ4n) is 4.04. The second-order valence-electron chi connectivity index (χ2n) is 7.54. The third-order valence-corrected chi connectivity index (χ3v) is 7.00. The molecule has 0 spiro atoms. The number of nitriles is 1. The molecule has 1 aliphatic heterocycles. The summed E-state index contributed by atoms with van der Waals surface area (Å²) in [7, 11) is 3.55. The third kappa shape index (κ3) is 4.50. The Balaban J connectivity index is 2.52. The van der Waals surface area contributed by atoms with Gasteiger partial charge in [-0.25, -0.2) is 14.4 Å². The van der Waals surface area contributed by atoms with Crippen LogP contribution in [0.15, 0.2) is 68.0 Å². The van der Waals surface area contributed by atoms with Crippen LogP contribution >= 0.6 is 31.9 Å². The molecule has 1 unspecified atom stereocenters. The van der Waals surface area contributed by atoms with E-state index in [1.807, 2.05) is 0 Å².